The summed E-state index contributed by atoms with van der Waals surface area (Å²) < 4.78 is 11.1. The van der Waals surface area contributed by atoms with Crippen molar-refractivity contribution < 1.29 is 9.47 Å². The molecular weight excluding hydrogens is 302 g/mol. The highest BCUT2D eigenvalue weighted by Gasteiger charge is 2.15. The number of hydrogen-bond acceptors (Lipinski definition) is 3. The molecule has 0 bridgehead atoms. The number of nitrogens with zero attached hydrogens (tertiary/aromatic N) is 1. The number of aliphatic imine (C=N–C) groups is 1. The van der Waals surface area contributed by atoms with Crippen molar-refractivity contribution in [1.29, 1.82) is 0 Å². The number of guanidine groups is 1. The van der Waals surface area contributed by atoms with Gasteiger partial charge in [0.2, 0.25) is 0 Å². The molecule has 0 spiro atoms. The molecule has 1 aliphatic rings. The maximum Gasteiger partial charge on any atom is 0.191 e. The van der Waals surface area contributed by atoms with E-state index in [0.29, 0.717) is 17.4 Å². The monoisotopic (exact) mass is 341 g/mol. The van der Waals surface area contributed by atoms with E-state index >= 15 is 0 Å². The second-order valence-electron chi connectivity index (χ2n) is 8.06. The van der Waals surface area contributed by atoms with Gasteiger partial charge in [-0.05, 0) is 44.9 Å². The predicted molar refractivity (Wildman–Crippen MR) is 102 cm³/mol. The Morgan fingerprint density at radius 2 is 2.17 bits per heavy atom. The van der Waals surface area contributed by atoms with Crippen molar-refractivity contribution in [2.24, 2.45) is 16.3 Å². The Labute approximate surface area is 149 Å². The fourth-order valence-electron chi connectivity index (χ4n) is 2.60. The van der Waals surface area contributed by atoms with Crippen LogP contribution >= 0.6 is 0 Å². The molecule has 2 atom stereocenters. The fourth-order valence-corrected chi connectivity index (χ4v) is 2.60. The van der Waals surface area contributed by atoms with Crippen molar-refractivity contribution in [3.8, 4) is 0 Å². The zero-order valence-corrected chi connectivity index (χ0v) is 16.5. The summed E-state index contributed by atoms with van der Waals surface area (Å²) in [5, 5.41) is 6.84. The highest BCUT2D eigenvalue weighted by Crippen LogP contribution is 2.21. The average Bonchev–Trinajstić information content (AvgIpc) is 3.01. The van der Waals surface area contributed by atoms with Crippen LogP contribution in [-0.2, 0) is 9.47 Å². The molecule has 24 heavy (non-hydrogen) atoms. The van der Waals surface area contributed by atoms with Gasteiger partial charge in [-0.15, -0.1) is 0 Å². The van der Waals surface area contributed by atoms with Crippen molar-refractivity contribution in [2.75, 3.05) is 39.5 Å². The molecule has 0 aromatic carbocycles. The van der Waals surface area contributed by atoms with E-state index in [1.807, 2.05) is 0 Å². The summed E-state index contributed by atoms with van der Waals surface area (Å²) in [5.74, 6) is 1.51. The van der Waals surface area contributed by atoms with Crippen molar-refractivity contribution in [1.82, 2.24) is 10.6 Å². The smallest absolute Gasteiger partial charge is 0.191 e. The molecule has 1 heterocycles. The summed E-state index contributed by atoms with van der Waals surface area (Å²) in [5.41, 5.74) is 0.382. The zero-order valence-electron chi connectivity index (χ0n) is 16.5. The lowest BCUT2D eigenvalue weighted by Gasteiger charge is -2.23. The molecule has 0 radical (unpaired) electrons. The van der Waals surface area contributed by atoms with E-state index in [9.17, 15) is 0 Å². The molecule has 1 aliphatic heterocycles. The van der Waals surface area contributed by atoms with Crippen LogP contribution in [0.1, 0.15) is 60.3 Å². The fraction of sp³-hybridized carbons (Fsp3) is 0.947. The normalized spacial score (nSPS) is 20.2. The molecule has 1 fully saturated rings. The first-order chi connectivity index (χ1) is 11.4. The van der Waals surface area contributed by atoms with Crippen LogP contribution in [0.5, 0.6) is 0 Å². The van der Waals surface area contributed by atoms with Crippen molar-refractivity contribution in [3.63, 3.8) is 0 Å². The summed E-state index contributed by atoms with van der Waals surface area (Å²) in [6, 6.07) is 0.431. The van der Waals surface area contributed by atoms with Gasteiger partial charge >= 0.3 is 0 Å². The van der Waals surface area contributed by atoms with Crippen LogP contribution in [0.4, 0.5) is 0 Å². The van der Waals surface area contributed by atoms with E-state index in [2.05, 4.69) is 50.2 Å². The number of hydrogen-bond donors (Lipinski definition) is 2. The van der Waals surface area contributed by atoms with Gasteiger partial charge in [-0.1, -0.05) is 20.8 Å². The van der Waals surface area contributed by atoms with Crippen molar-refractivity contribution in [3.05, 3.63) is 0 Å². The third-order valence-electron chi connectivity index (χ3n) is 4.15. The largest absolute Gasteiger partial charge is 0.381 e. The first-order valence-electron chi connectivity index (χ1n) is 9.61. The lowest BCUT2D eigenvalue weighted by molar-refractivity contribution is 0.0893. The molecule has 5 nitrogen and oxygen atoms in total. The first kappa shape index (κ1) is 21.2. The van der Waals surface area contributed by atoms with Gasteiger partial charge in [0.25, 0.3) is 0 Å². The zero-order chi connectivity index (χ0) is 17.8. The molecule has 0 amide bonds. The van der Waals surface area contributed by atoms with Crippen LogP contribution < -0.4 is 10.6 Å². The molecule has 5 heteroatoms. The SMILES string of the molecule is CCNC(=NCCCOCC1CCOC1)NC(C)CCC(C)(C)C. The standard InChI is InChI=1S/C19H39N3O2/c1-6-20-18(22-16(2)8-10-19(3,4)5)21-11-7-12-23-14-17-9-13-24-15-17/h16-17H,6-15H2,1-5H3,(H2,20,21,22). The van der Waals surface area contributed by atoms with Crippen LogP contribution in [-0.4, -0.2) is 51.5 Å². The van der Waals surface area contributed by atoms with Crippen LogP contribution in [0.3, 0.4) is 0 Å². The van der Waals surface area contributed by atoms with Gasteiger partial charge in [-0.3, -0.25) is 4.99 Å². The summed E-state index contributed by atoms with van der Waals surface area (Å²) in [7, 11) is 0. The molecule has 2 unspecified atom stereocenters. The van der Waals surface area contributed by atoms with Gasteiger partial charge in [0.05, 0.1) is 13.2 Å². The molecule has 1 rings (SSSR count). The quantitative estimate of drug-likeness (QED) is 0.364. The van der Waals surface area contributed by atoms with E-state index in [4.69, 9.17) is 9.47 Å². The van der Waals surface area contributed by atoms with Crippen molar-refractivity contribution >= 4 is 5.96 Å². The lowest BCUT2D eigenvalue weighted by Crippen LogP contribution is -2.42. The molecule has 2 N–H and O–H groups in total. The molecule has 0 aliphatic carbocycles. The summed E-state index contributed by atoms with van der Waals surface area (Å²) in [6.45, 7) is 16.2. The van der Waals surface area contributed by atoms with E-state index in [0.717, 1.165) is 64.7 Å². The Bertz CT molecular complexity index is 347. The topological polar surface area (TPSA) is 54.9 Å². The van der Waals surface area contributed by atoms with Crippen molar-refractivity contribution in [2.45, 2.75) is 66.3 Å². The molecule has 0 saturated carbocycles. The summed E-state index contributed by atoms with van der Waals surface area (Å²) in [6.07, 6.45) is 4.46. The Kier molecular flexibility index (Phi) is 10.3. The van der Waals surface area contributed by atoms with Gasteiger partial charge in [-0.2, -0.15) is 0 Å². The highest BCUT2D eigenvalue weighted by molar-refractivity contribution is 5.80. The third-order valence-corrected chi connectivity index (χ3v) is 4.15. The average molecular weight is 342 g/mol. The van der Waals surface area contributed by atoms with Gasteiger partial charge in [0.1, 0.15) is 0 Å². The highest BCUT2D eigenvalue weighted by atomic mass is 16.5. The second kappa shape index (κ2) is 11.7. The van der Waals surface area contributed by atoms with Gasteiger partial charge < -0.3 is 20.1 Å². The lowest BCUT2D eigenvalue weighted by atomic mass is 9.89. The maximum absolute atomic E-state index is 5.73. The first-order valence-corrected chi connectivity index (χ1v) is 9.61. The molecule has 142 valence electrons. The minimum atomic E-state index is 0.382. The van der Waals surface area contributed by atoms with Crippen LogP contribution in [0, 0.1) is 11.3 Å². The Hall–Kier alpha value is -0.810. The number of nitrogens with one attached hydrogen (secondary N) is 2. The summed E-state index contributed by atoms with van der Waals surface area (Å²) in [4.78, 5) is 4.66. The van der Waals surface area contributed by atoms with Crippen LogP contribution in [0.25, 0.3) is 0 Å². The maximum atomic E-state index is 5.73. The molecular formula is C19H39N3O2. The van der Waals surface area contributed by atoms with Gasteiger partial charge in [-0.25, -0.2) is 0 Å². The minimum Gasteiger partial charge on any atom is -0.381 e. The van der Waals surface area contributed by atoms with Crippen LogP contribution in [0.15, 0.2) is 4.99 Å². The molecule has 0 aromatic rings. The third kappa shape index (κ3) is 10.9. The Balaban J connectivity index is 2.18. The van der Waals surface area contributed by atoms with E-state index in [1.54, 1.807) is 0 Å². The Morgan fingerprint density at radius 3 is 2.79 bits per heavy atom. The number of rotatable bonds is 10. The van der Waals surface area contributed by atoms with E-state index < -0.39 is 0 Å². The van der Waals surface area contributed by atoms with E-state index in [-0.39, 0.29) is 0 Å². The molecule has 0 aromatic heterocycles. The van der Waals surface area contributed by atoms with Gasteiger partial charge in [0.15, 0.2) is 5.96 Å². The van der Waals surface area contributed by atoms with Gasteiger partial charge in [0, 0.05) is 38.3 Å². The minimum absolute atomic E-state index is 0.382. The summed E-state index contributed by atoms with van der Waals surface area (Å²) >= 11 is 0. The second-order valence-corrected chi connectivity index (χ2v) is 8.06. The number of ether oxygens (including phenoxy) is 2. The Morgan fingerprint density at radius 1 is 1.38 bits per heavy atom. The predicted octanol–water partition coefficient (Wildman–Crippen LogP) is 3.20. The molecule has 1 saturated heterocycles. The van der Waals surface area contributed by atoms with Crippen LogP contribution in [0.2, 0.25) is 0 Å². The van der Waals surface area contributed by atoms with E-state index in [1.165, 1.54) is 6.42 Å².